The fraction of sp³-hybridized carbons (Fsp3) is 0.765. The number of alkyl carbamates (subject to hydrolysis) is 1. The van der Waals surface area contributed by atoms with Gasteiger partial charge in [0.25, 0.3) is 0 Å². The number of esters is 1. The molecule has 1 atom stereocenters. The third-order valence-electron chi connectivity index (χ3n) is 2.81. The Morgan fingerprint density at radius 2 is 1.74 bits per heavy atom. The Hall–Kier alpha value is -1.94. The van der Waals surface area contributed by atoms with Gasteiger partial charge < -0.3 is 29.0 Å². The number of hydrogen-bond donors (Lipinski definition) is 1. The molecule has 1 N–H and O–H groups in total. The summed E-state index contributed by atoms with van der Waals surface area (Å²) in [5.74, 6) is -2.22. The van der Waals surface area contributed by atoms with Gasteiger partial charge >= 0.3 is 18.1 Å². The van der Waals surface area contributed by atoms with Gasteiger partial charge in [-0.05, 0) is 26.7 Å². The van der Waals surface area contributed by atoms with Gasteiger partial charge in [-0.25, -0.2) is 4.79 Å². The molecule has 0 fully saturated rings. The molecule has 0 spiro atoms. The zero-order valence-corrected chi connectivity index (χ0v) is 16.6. The first-order valence-electron chi connectivity index (χ1n) is 8.39. The predicted molar refractivity (Wildman–Crippen MR) is 92.0 cm³/mol. The van der Waals surface area contributed by atoms with Crippen LogP contribution in [0.25, 0.3) is 0 Å². The van der Waals surface area contributed by atoms with Crippen molar-refractivity contribution in [3.8, 4) is 0 Å². The first kappa shape index (κ1) is 25.1. The average Bonchev–Trinajstić information content (AvgIpc) is 2.52. The first-order chi connectivity index (χ1) is 12.5. The molecule has 158 valence electrons. The molecule has 27 heavy (non-hydrogen) atoms. The molecule has 0 aliphatic rings. The summed E-state index contributed by atoms with van der Waals surface area (Å²) in [6.07, 6.45) is -4.29. The van der Waals surface area contributed by atoms with Crippen molar-refractivity contribution >= 4 is 12.1 Å². The number of amides is 1. The molecule has 0 saturated heterocycles. The topological polar surface area (TPSA) is 92.3 Å². The lowest BCUT2D eigenvalue weighted by Crippen LogP contribution is -2.38. The van der Waals surface area contributed by atoms with E-state index in [0.29, 0.717) is 0 Å². The zero-order valence-electron chi connectivity index (χ0n) is 16.6. The van der Waals surface area contributed by atoms with E-state index in [2.05, 4.69) is 5.32 Å². The van der Waals surface area contributed by atoms with Gasteiger partial charge in [0.1, 0.15) is 12.1 Å². The lowest BCUT2D eigenvalue weighted by Gasteiger charge is -2.24. The zero-order chi connectivity index (χ0) is 21.0. The molecule has 0 radical (unpaired) electrons. The molecule has 0 saturated carbocycles. The molecule has 0 aromatic carbocycles. The second-order valence-corrected chi connectivity index (χ2v) is 6.80. The number of methoxy groups -OCH3 is 1. The first-order valence-corrected chi connectivity index (χ1v) is 8.39. The van der Waals surface area contributed by atoms with Gasteiger partial charge in [-0.2, -0.15) is 8.78 Å². The summed E-state index contributed by atoms with van der Waals surface area (Å²) < 4.78 is 51.1. The molecule has 8 nitrogen and oxygen atoms in total. The highest BCUT2D eigenvalue weighted by Crippen LogP contribution is 2.23. The molecule has 1 unspecified atom stereocenters. The van der Waals surface area contributed by atoms with Crippen LogP contribution in [-0.2, 0) is 28.5 Å². The molecule has 0 aliphatic heterocycles. The molecule has 0 aliphatic carbocycles. The van der Waals surface area contributed by atoms with Crippen molar-refractivity contribution in [1.29, 1.82) is 0 Å². The molecule has 0 bridgehead atoms. The molecular formula is C17H29F2NO7. The van der Waals surface area contributed by atoms with E-state index in [9.17, 15) is 18.4 Å². The average molecular weight is 397 g/mol. The summed E-state index contributed by atoms with van der Waals surface area (Å²) in [4.78, 5) is 23.4. The minimum atomic E-state index is -2.13. The molecule has 10 heteroatoms. The minimum absolute atomic E-state index is 0.156. The molecule has 0 aromatic rings. The molecule has 0 rings (SSSR count). The van der Waals surface area contributed by atoms with Gasteiger partial charge in [-0.1, -0.05) is 13.8 Å². The third-order valence-corrected chi connectivity index (χ3v) is 2.81. The summed E-state index contributed by atoms with van der Waals surface area (Å²) >= 11 is 0. The van der Waals surface area contributed by atoms with Crippen molar-refractivity contribution < 1.29 is 42.1 Å². The number of carbonyl (C=O) groups excluding carboxylic acids is 2. The van der Waals surface area contributed by atoms with Crippen LogP contribution in [0, 0.1) is 5.92 Å². The quantitative estimate of drug-likeness (QED) is 0.248. The molecule has 1 amide bonds. The smallest absolute Gasteiger partial charge is 0.408 e. The van der Waals surface area contributed by atoms with Gasteiger partial charge in [-0.3, -0.25) is 4.79 Å². The van der Waals surface area contributed by atoms with E-state index in [0.717, 1.165) is 0 Å². The third kappa shape index (κ3) is 12.1. The van der Waals surface area contributed by atoms with Crippen molar-refractivity contribution in [2.24, 2.45) is 5.92 Å². The van der Waals surface area contributed by atoms with Crippen LogP contribution in [0.15, 0.2) is 11.8 Å². The molecule has 0 aromatic heterocycles. The van der Waals surface area contributed by atoms with Crippen molar-refractivity contribution in [3.05, 3.63) is 11.8 Å². The van der Waals surface area contributed by atoms with E-state index in [1.807, 2.05) is 0 Å². The summed E-state index contributed by atoms with van der Waals surface area (Å²) in [7, 11) is 1.47. The van der Waals surface area contributed by atoms with Crippen molar-refractivity contribution in [1.82, 2.24) is 5.32 Å². The fourth-order valence-corrected chi connectivity index (χ4v) is 1.68. The lowest BCUT2D eigenvalue weighted by atomic mass is 10.1. The summed E-state index contributed by atoms with van der Waals surface area (Å²) in [6, 6.07) is 0. The van der Waals surface area contributed by atoms with E-state index in [4.69, 9.17) is 23.7 Å². The monoisotopic (exact) mass is 397 g/mol. The predicted octanol–water partition coefficient (Wildman–Crippen LogP) is 2.82. The summed E-state index contributed by atoms with van der Waals surface area (Å²) in [6.45, 7) is 7.58. The maximum absolute atomic E-state index is 13.2. The van der Waals surface area contributed by atoms with Crippen LogP contribution in [0.4, 0.5) is 13.6 Å². The Morgan fingerprint density at radius 1 is 1.11 bits per heavy atom. The number of halogens is 2. The summed E-state index contributed by atoms with van der Waals surface area (Å²) in [5.41, 5.74) is -0.738. The van der Waals surface area contributed by atoms with Crippen LogP contribution in [0.3, 0.4) is 0 Å². The Bertz CT molecular complexity index is 500. The SMILES string of the molecule is COCCOCOC(=C(F)F)C(OC(=O)CNC(=O)OC(C)(C)C)C(C)C. The van der Waals surface area contributed by atoms with Crippen LogP contribution in [0.5, 0.6) is 0 Å². The van der Waals surface area contributed by atoms with E-state index in [1.165, 1.54) is 7.11 Å². The molecule has 0 heterocycles. The second-order valence-electron chi connectivity index (χ2n) is 6.80. The highest BCUT2D eigenvalue weighted by Gasteiger charge is 2.29. The van der Waals surface area contributed by atoms with Gasteiger partial charge in [-0.15, -0.1) is 0 Å². The summed E-state index contributed by atoms with van der Waals surface area (Å²) in [5, 5.41) is 2.20. The van der Waals surface area contributed by atoms with Gasteiger partial charge in [0.2, 0.25) is 5.76 Å². The van der Waals surface area contributed by atoms with Gasteiger partial charge in [0.15, 0.2) is 12.9 Å². The Balaban J connectivity index is 4.72. The molecular weight excluding hydrogens is 368 g/mol. The number of ether oxygens (including phenoxy) is 5. The van der Waals surface area contributed by atoms with Gasteiger partial charge in [0, 0.05) is 7.11 Å². The number of hydrogen-bond acceptors (Lipinski definition) is 7. The van der Waals surface area contributed by atoms with Crippen LogP contribution in [0.2, 0.25) is 0 Å². The van der Waals surface area contributed by atoms with Crippen LogP contribution < -0.4 is 5.32 Å². The van der Waals surface area contributed by atoms with Crippen molar-refractivity contribution in [3.63, 3.8) is 0 Å². The van der Waals surface area contributed by atoms with E-state index in [-0.39, 0.29) is 13.2 Å². The number of rotatable bonds is 11. The Morgan fingerprint density at radius 3 is 2.22 bits per heavy atom. The number of carbonyl (C=O) groups is 2. The van der Waals surface area contributed by atoms with Gasteiger partial charge in [0.05, 0.1) is 13.2 Å². The number of nitrogens with one attached hydrogen (secondary N) is 1. The maximum atomic E-state index is 13.2. The highest BCUT2D eigenvalue weighted by atomic mass is 19.3. The van der Waals surface area contributed by atoms with Crippen molar-refractivity contribution in [2.75, 3.05) is 33.7 Å². The normalized spacial score (nSPS) is 12.3. The van der Waals surface area contributed by atoms with Crippen molar-refractivity contribution in [2.45, 2.75) is 46.3 Å². The van der Waals surface area contributed by atoms with Crippen LogP contribution >= 0.6 is 0 Å². The van der Waals surface area contributed by atoms with E-state index in [1.54, 1.807) is 34.6 Å². The lowest BCUT2D eigenvalue weighted by molar-refractivity contribution is -0.152. The van der Waals surface area contributed by atoms with E-state index < -0.39 is 54.9 Å². The minimum Gasteiger partial charge on any atom is -0.462 e. The fourth-order valence-electron chi connectivity index (χ4n) is 1.68. The highest BCUT2D eigenvalue weighted by molar-refractivity contribution is 5.78. The second kappa shape index (κ2) is 12.4. The standard InChI is InChI=1S/C17H29F2NO7/c1-11(2)13(14(15(18)19)25-10-24-8-7-23-6)26-12(21)9-20-16(22)27-17(3,4)5/h11,13H,7-10H2,1-6H3,(H,20,22). The Kier molecular flexibility index (Phi) is 11.6. The van der Waals surface area contributed by atoms with Crippen LogP contribution in [-0.4, -0.2) is 57.4 Å². The Labute approximate surface area is 158 Å². The van der Waals surface area contributed by atoms with Crippen LogP contribution in [0.1, 0.15) is 34.6 Å². The largest absolute Gasteiger partial charge is 0.462 e. The maximum Gasteiger partial charge on any atom is 0.408 e. The van der Waals surface area contributed by atoms with E-state index >= 15 is 0 Å².